The van der Waals surface area contributed by atoms with Crippen molar-refractivity contribution in [3.8, 4) is 5.75 Å². The first-order valence-corrected chi connectivity index (χ1v) is 6.51. The van der Waals surface area contributed by atoms with Crippen molar-refractivity contribution in [2.24, 2.45) is 5.41 Å². The summed E-state index contributed by atoms with van der Waals surface area (Å²) in [6, 6.07) is 8.88. The fraction of sp³-hybridized carbons (Fsp3) is 0.600. The molecule has 1 N–H and O–H groups in total. The Balaban J connectivity index is 2.27. The summed E-state index contributed by atoms with van der Waals surface area (Å²) in [6.45, 7) is 2.40. The van der Waals surface area contributed by atoms with E-state index in [0.717, 1.165) is 5.75 Å². The van der Waals surface area contributed by atoms with Gasteiger partial charge in [0.2, 0.25) is 0 Å². The van der Waals surface area contributed by atoms with E-state index >= 15 is 0 Å². The first kappa shape index (κ1) is 12.4. The summed E-state index contributed by atoms with van der Waals surface area (Å²) >= 11 is 0. The van der Waals surface area contributed by atoms with Crippen molar-refractivity contribution in [1.29, 1.82) is 0 Å². The maximum absolute atomic E-state index is 5.32. The number of hydrogen-bond donors (Lipinski definition) is 1. The minimum atomic E-state index is 0.390. The molecule has 0 aromatic heterocycles. The van der Waals surface area contributed by atoms with Crippen molar-refractivity contribution >= 4 is 0 Å². The van der Waals surface area contributed by atoms with E-state index in [4.69, 9.17) is 4.74 Å². The Labute approximate surface area is 104 Å². The molecule has 0 bridgehead atoms. The normalized spacial score (nSPS) is 20.2. The smallest absolute Gasteiger partial charge is 0.119 e. The lowest BCUT2D eigenvalue weighted by Gasteiger charge is -2.34. The van der Waals surface area contributed by atoms with Crippen LogP contribution in [0, 0.1) is 5.41 Å². The summed E-state index contributed by atoms with van der Waals surface area (Å²) in [6.07, 6.45) is 5.35. The van der Waals surface area contributed by atoms with Gasteiger partial charge in [-0.25, -0.2) is 0 Å². The maximum Gasteiger partial charge on any atom is 0.119 e. The van der Waals surface area contributed by atoms with Crippen molar-refractivity contribution in [3.63, 3.8) is 0 Å². The van der Waals surface area contributed by atoms with Crippen LogP contribution in [0.1, 0.15) is 44.2 Å². The van der Waals surface area contributed by atoms with Crippen LogP contribution >= 0.6 is 0 Å². The summed E-state index contributed by atoms with van der Waals surface area (Å²) in [5.41, 5.74) is 1.73. The van der Waals surface area contributed by atoms with Crippen molar-refractivity contribution in [3.05, 3.63) is 29.8 Å². The van der Waals surface area contributed by atoms with E-state index in [2.05, 4.69) is 37.5 Å². The highest BCUT2D eigenvalue weighted by Gasteiger charge is 2.36. The molecule has 17 heavy (non-hydrogen) atoms. The summed E-state index contributed by atoms with van der Waals surface area (Å²) < 4.78 is 5.32. The fourth-order valence-corrected chi connectivity index (χ4v) is 3.21. The van der Waals surface area contributed by atoms with E-state index in [1.165, 1.54) is 31.2 Å². The largest absolute Gasteiger partial charge is 0.497 e. The number of ether oxygens (including phenoxy) is 1. The van der Waals surface area contributed by atoms with E-state index in [-0.39, 0.29) is 0 Å². The van der Waals surface area contributed by atoms with Crippen LogP contribution in [0.4, 0.5) is 0 Å². The van der Waals surface area contributed by atoms with Gasteiger partial charge in [0, 0.05) is 6.04 Å². The highest BCUT2D eigenvalue weighted by Crippen LogP contribution is 2.47. The molecule has 0 aliphatic heterocycles. The summed E-state index contributed by atoms with van der Waals surface area (Å²) in [4.78, 5) is 0. The third-order valence-electron chi connectivity index (χ3n) is 4.16. The molecule has 1 aromatic rings. The van der Waals surface area contributed by atoms with Gasteiger partial charge < -0.3 is 10.1 Å². The molecule has 0 saturated heterocycles. The SMILES string of the molecule is CNC(c1cccc(OC)c1)C1(C)CCCC1. The monoisotopic (exact) mass is 233 g/mol. The second-order valence-electron chi connectivity index (χ2n) is 5.36. The van der Waals surface area contributed by atoms with E-state index in [1.807, 2.05) is 6.07 Å². The Hall–Kier alpha value is -1.02. The van der Waals surface area contributed by atoms with Gasteiger partial charge in [-0.3, -0.25) is 0 Å². The highest BCUT2D eigenvalue weighted by molar-refractivity contribution is 5.31. The first-order valence-electron chi connectivity index (χ1n) is 6.51. The maximum atomic E-state index is 5.32. The summed E-state index contributed by atoms with van der Waals surface area (Å²) in [5, 5.41) is 3.50. The van der Waals surface area contributed by atoms with Crippen LogP contribution in [0.3, 0.4) is 0 Å². The molecule has 1 fully saturated rings. The third kappa shape index (κ3) is 2.47. The Bertz CT molecular complexity index is 369. The first-order chi connectivity index (χ1) is 8.19. The van der Waals surface area contributed by atoms with Crippen LogP contribution in [0.15, 0.2) is 24.3 Å². The number of benzene rings is 1. The van der Waals surface area contributed by atoms with Crippen molar-refractivity contribution in [2.75, 3.05) is 14.2 Å². The van der Waals surface area contributed by atoms with E-state index in [1.54, 1.807) is 7.11 Å². The minimum Gasteiger partial charge on any atom is -0.497 e. The zero-order valence-electron chi connectivity index (χ0n) is 11.1. The minimum absolute atomic E-state index is 0.390. The van der Waals surface area contributed by atoms with Gasteiger partial charge in [-0.1, -0.05) is 31.9 Å². The molecule has 1 atom stereocenters. The van der Waals surface area contributed by atoms with Gasteiger partial charge in [-0.05, 0) is 43.0 Å². The number of nitrogens with one attached hydrogen (secondary N) is 1. The van der Waals surface area contributed by atoms with E-state index in [9.17, 15) is 0 Å². The molecule has 1 aliphatic rings. The van der Waals surface area contributed by atoms with Crippen LogP contribution in [0.5, 0.6) is 5.75 Å². The lowest BCUT2D eigenvalue weighted by molar-refractivity contribution is 0.233. The lowest BCUT2D eigenvalue weighted by atomic mass is 9.77. The molecule has 0 radical (unpaired) electrons. The standard InChI is InChI=1S/C15H23NO/c1-15(9-4-5-10-15)14(16-2)12-7-6-8-13(11-12)17-3/h6-8,11,14,16H,4-5,9-10H2,1-3H3. The van der Waals surface area contributed by atoms with Gasteiger partial charge in [0.05, 0.1) is 7.11 Å². The second kappa shape index (κ2) is 5.09. The fourth-order valence-electron chi connectivity index (χ4n) is 3.21. The van der Waals surface area contributed by atoms with Crippen molar-refractivity contribution in [2.45, 2.75) is 38.6 Å². The average Bonchev–Trinajstić information content (AvgIpc) is 2.78. The molecule has 2 rings (SSSR count). The summed E-state index contributed by atoms with van der Waals surface area (Å²) in [7, 11) is 3.79. The van der Waals surface area contributed by atoms with E-state index < -0.39 is 0 Å². The molecule has 0 amide bonds. The number of rotatable bonds is 4. The van der Waals surface area contributed by atoms with Crippen LogP contribution < -0.4 is 10.1 Å². The highest BCUT2D eigenvalue weighted by atomic mass is 16.5. The molecule has 0 heterocycles. The Morgan fingerprint density at radius 2 is 2.00 bits per heavy atom. The molecule has 1 unspecified atom stereocenters. The van der Waals surface area contributed by atoms with Gasteiger partial charge in [-0.2, -0.15) is 0 Å². The Morgan fingerprint density at radius 1 is 1.29 bits per heavy atom. The molecular weight excluding hydrogens is 210 g/mol. The van der Waals surface area contributed by atoms with Crippen LogP contribution in [-0.2, 0) is 0 Å². The predicted octanol–water partition coefficient (Wildman–Crippen LogP) is 3.54. The average molecular weight is 233 g/mol. The zero-order chi connectivity index (χ0) is 12.3. The summed E-state index contributed by atoms with van der Waals surface area (Å²) in [5.74, 6) is 0.948. The topological polar surface area (TPSA) is 21.3 Å². The van der Waals surface area contributed by atoms with Gasteiger partial charge >= 0.3 is 0 Å². The number of hydrogen-bond acceptors (Lipinski definition) is 2. The Morgan fingerprint density at radius 3 is 2.59 bits per heavy atom. The van der Waals surface area contributed by atoms with Crippen molar-refractivity contribution in [1.82, 2.24) is 5.32 Å². The molecule has 0 spiro atoms. The molecule has 1 saturated carbocycles. The predicted molar refractivity (Wildman–Crippen MR) is 71.4 cm³/mol. The van der Waals surface area contributed by atoms with Crippen molar-refractivity contribution < 1.29 is 4.74 Å². The zero-order valence-corrected chi connectivity index (χ0v) is 11.1. The molecule has 94 valence electrons. The molecule has 2 nitrogen and oxygen atoms in total. The van der Waals surface area contributed by atoms with Crippen LogP contribution in [0.2, 0.25) is 0 Å². The lowest BCUT2D eigenvalue weighted by Crippen LogP contribution is -2.32. The van der Waals surface area contributed by atoms with Crippen LogP contribution in [-0.4, -0.2) is 14.2 Å². The number of methoxy groups -OCH3 is 1. The molecule has 2 heteroatoms. The van der Waals surface area contributed by atoms with Gasteiger partial charge in [-0.15, -0.1) is 0 Å². The van der Waals surface area contributed by atoms with E-state index in [0.29, 0.717) is 11.5 Å². The third-order valence-corrected chi connectivity index (χ3v) is 4.16. The van der Waals surface area contributed by atoms with Gasteiger partial charge in [0.15, 0.2) is 0 Å². The molecular formula is C15H23NO. The molecule has 1 aliphatic carbocycles. The van der Waals surface area contributed by atoms with Gasteiger partial charge in [0.1, 0.15) is 5.75 Å². The van der Waals surface area contributed by atoms with Gasteiger partial charge in [0.25, 0.3) is 0 Å². The van der Waals surface area contributed by atoms with Crippen LogP contribution in [0.25, 0.3) is 0 Å². The molecule has 1 aromatic carbocycles. The Kier molecular flexibility index (Phi) is 3.72. The quantitative estimate of drug-likeness (QED) is 0.859. The second-order valence-corrected chi connectivity index (χ2v) is 5.36.